The molecule has 2 aromatic heterocycles. The van der Waals surface area contributed by atoms with Crippen molar-refractivity contribution in [3.8, 4) is 0 Å². The number of para-hydroxylation sites is 2. The van der Waals surface area contributed by atoms with Crippen LogP contribution in [0.2, 0.25) is 0 Å². The minimum absolute atomic E-state index is 0.0352. The van der Waals surface area contributed by atoms with E-state index >= 15 is 0 Å². The van der Waals surface area contributed by atoms with Gasteiger partial charge in [-0.15, -0.1) is 11.3 Å². The highest BCUT2D eigenvalue weighted by atomic mass is 32.2. The van der Waals surface area contributed by atoms with Gasteiger partial charge in [0.15, 0.2) is 5.58 Å². The molecule has 2 heterocycles. The standard InChI is InChI=1S/C15H16N2OS2/c1-9-7-8-13(19-9)14(10(2)16)20-15-17-11-5-3-4-6-12(11)18-15/h3-8,10,14H,16H2,1-2H3. The van der Waals surface area contributed by atoms with E-state index in [0.29, 0.717) is 5.22 Å². The monoisotopic (exact) mass is 304 g/mol. The van der Waals surface area contributed by atoms with Crippen LogP contribution in [0.1, 0.15) is 21.9 Å². The zero-order valence-electron chi connectivity index (χ0n) is 11.4. The van der Waals surface area contributed by atoms with Crippen molar-refractivity contribution >= 4 is 34.2 Å². The van der Waals surface area contributed by atoms with Crippen LogP contribution < -0.4 is 5.73 Å². The Labute approximate surface area is 126 Å². The number of nitrogens with zero attached hydrogens (tertiary/aromatic N) is 1. The molecule has 0 bridgehead atoms. The lowest BCUT2D eigenvalue weighted by atomic mass is 10.2. The zero-order valence-corrected chi connectivity index (χ0v) is 13.0. The number of hydrogen-bond donors (Lipinski definition) is 1. The summed E-state index contributed by atoms with van der Waals surface area (Å²) in [6, 6.07) is 12.1. The molecule has 0 fully saturated rings. The van der Waals surface area contributed by atoms with E-state index in [1.807, 2.05) is 31.2 Å². The van der Waals surface area contributed by atoms with Crippen molar-refractivity contribution in [2.24, 2.45) is 5.73 Å². The molecule has 3 nitrogen and oxygen atoms in total. The SMILES string of the molecule is Cc1ccc(C(Sc2nc3ccccc3o2)C(C)N)s1. The van der Waals surface area contributed by atoms with E-state index in [1.54, 1.807) is 23.1 Å². The number of rotatable bonds is 4. The van der Waals surface area contributed by atoms with Crippen LogP contribution in [0.25, 0.3) is 11.1 Å². The van der Waals surface area contributed by atoms with Gasteiger partial charge in [0.05, 0.1) is 5.25 Å². The highest BCUT2D eigenvalue weighted by Crippen LogP contribution is 2.40. The molecular formula is C15H16N2OS2. The van der Waals surface area contributed by atoms with Gasteiger partial charge in [0.25, 0.3) is 5.22 Å². The first-order valence-electron chi connectivity index (χ1n) is 6.47. The number of thioether (sulfide) groups is 1. The average Bonchev–Trinajstić information content (AvgIpc) is 3.01. The summed E-state index contributed by atoms with van der Waals surface area (Å²) in [5.74, 6) is 0. The van der Waals surface area contributed by atoms with E-state index in [9.17, 15) is 0 Å². The second-order valence-corrected chi connectivity index (χ2v) is 7.21. The van der Waals surface area contributed by atoms with Crippen LogP contribution in [0.4, 0.5) is 0 Å². The van der Waals surface area contributed by atoms with E-state index in [2.05, 4.69) is 24.0 Å². The molecule has 2 atom stereocenters. The lowest BCUT2D eigenvalue weighted by Crippen LogP contribution is -2.21. The van der Waals surface area contributed by atoms with Gasteiger partial charge in [0.2, 0.25) is 0 Å². The number of benzene rings is 1. The number of thiophene rings is 1. The van der Waals surface area contributed by atoms with Crippen LogP contribution in [0.15, 0.2) is 46.0 Å². The second-order valence-electron chi connectivity index (χ2n) is 4.79. The zero-order chi connectivity index (χ0) is 14.1. The summed E-state index contributed by atoms with van der Waals surface area (Å²) in [6.45, 7) is 4.13. The van der Waals surface area contributed by atoms with Crippen molar-refractivity contribution in [1.29, 1.82) is 0 Å². The fraction of sp³-hybridized carbons (Fsp3) is 0.267. The van der Waals surface area contributed by atoms with Crippen molar-refractivity contribution in [1.82, 2.24) is 4.98 Å². The van der Waals surface area contributed by atoms with E-state index in [0.717, 1.165) is 11.1 Å². The van der Waals surface area contributed by atoms with Crippen LogP contribution in [-0.2, 0) is 0 Å². The summed E-state index contributed by atoms with van der Waals surface area (Å²) in [4.78, 5) is 7.08. The molecule has 1 aromatic carbocycles. The molecule has 0 saturated heterocycles. The van der Waals surface area contributed by atoms with Crippen LogP contribution in [-0.4, -0.2) is 11.0 Å². The maximum atomic E-state index is 6.14. The van der Waals surface area contributed by atoms with E-state index in [1.165, 1.54) is 9.75 Å². The van der Waals surface area contributed by atoms with Gasteiger partial charge in [-0.2, -0.15) is 0 Å². The maximum absolute atomic E-state index is 6.14. The number of nitrogens with two attached hydrogens (primary N) is 1. The summed E-state index contributed by atoms with van der Waals surface area (Å²) in [5, 5.41) is 0.848. The molecule has 0 aliphatic carbocycles. The third kappa shape index (κ3) is 2.75. The topological polar surface area (TPSA) is 52.0 Å². The first-order valence-corrected chi connectivity index (χ1v) is 8.17. The molecule has 0 spiro atoms. The molecule has 20 heavy (non-hydrogen) atoms. The Morgan fingerprint density at radius 2 is 2.05 bits per heavy atom. The minimum Gasteiger partial charge on any atom is -0.431 e. The highest BCUT2D eigenvalue weighted by molar-refractivity contribution is 7.99. The summed E-state index contributed by atoms with van der Waals surface area (Å²) in [6.07, 6.45) is 0. The number of fused-ring (bicyclic) bond motifs is 1. The third-order valence-electron chi connectivity index (χ3n) is 3.02. The largest absolute Gasteiger partial charge is 0.431 e. The first kappa shape index (κ1) is 13.7. The Bertz CT molecular complexity index is 684. The molecular weight excluding hydrogens is 288 g/mol. The molecule has 0 aliphatic heterocycles. The van der Waals surface area contributed by atoms with Crippen molar-refractivity contribution < 1.29 is 4.42 Å². The van der Waals surface area contributed by atoms with Gasteiger partial charge in [-0.25, -0.2) is 4.98 Å². The number of oxazole rings is 1. The second kappa shape index (κ2) is 5.60. The van der Waals surface area contributed by atoms with Gasteiger partial charge in [-0.1, -0.05) is 23.9 Å². The van der Waals surface area contributed by atoms with Gasteiger partial charge in [-0.05, 0) is 38.1 Å². The fourth-order valence-electron chi connectivity index (χ4n) is 2.04. The van der Waals surface area contributed by atoms with E-state index < -0.39 is 0 Å². The van der Waals surface area contributed by atoms with Crippen LogP contribution in [0.5, 0.6) is 0 Å². The Hall–Kier alpha value is -1.30. The molecule has 2 N–H and O–H groups in total. The van der Waals surface area contributed by atoms with Crippen molar-refractivity contribution in [2.45, 2.75) is 30.4 Å². The van der Waals surface area contributed by atoms with E-state index in [4.69, 9.17) is 10.2 Å². The lowest BCUT2D eigenvalue weighted by Gasteiger charge is -2.16. The Morgan fingerprint density at radius 3 is 2.70 bits per heavy atom. The Balaban J connectivity index is 1.89. The maximum Gasteiger partial charge on any atom is 0.257 e. The summed E-state index contributed by atoms with van der Waals surface area (Å²) < 4.78 is 5.78. The molecule has 5 heteroatoms. The molecule has 2 unspecified atom stereocenters. The van der Waals surface area contributed by atoms with Crippen LogP contribution >= 0.6 is 23.1 Å². The molecule has 0 radical (unpaired) electrons. The fourth-order valence-corrected chi connectivity index (χ4v) is 4.22. The molecule has 3 aromatic rings. The molecule has 3 rings (SSSR count). The normalized spacial score (nSPS) is 14.6. The summed E-state index contributed by atoms with van der Waals surface area (Å²) >= 11 is 3.38. The van der Waals surface area contributed by atoms with Crippen molar-refractivity contribution in [3.63, 3.8) is 0 Å². The predicted molar refractivity (Wildman–Crippen MR) is 85.3 cm³/mol. The highest BCUT2D eigenvalue weighted by Gasteiger charge is 2.22. The lowest BCUT2D eigenvalue weighted by molar-refractivity contribution is 0.487. The number of aryl methyl sites for hydroxylation is 1. The predicted octanol–water partition coefficient (Wildman–Crippen LogP) is 4.38. The molecule has 0 amide bonds. The van der Waals surface area contributed by atoms with Crippen LogP contribution in [0.3, 0.4) is 0 Å². The Kier molecular flexibility index (Phi) is 3.83. The van der Waals surface area contributed by atoms with Gasteiger partial charge >= 0.3 is 0 Å². The van der Waals surface area contributed by atoms with Gasteiger partial charge in [-0.3, -0.25) is 0 Å². The quantitative estimate of drug-likeness (QED) is 0.727. The third-order valence-corrected chi connectivity index (χ3v) is 5.57. The molecule has 0 saturated carbocycles. The summed E-state index contributed by atoms with van der Waals surface area (Å²) in [7, 11) is 0. The van der Waals surface area contributed by atoms with Gasteiger partial charge < -0.3 is 10.2 Å². The van der Waals surface area contributed by atoms with Gasteiger partial charge in [0.1, 0.15) is 5.52 Å². The molecule has 0 aliphatic rings. The smallest absolute Gasteiger partial charge is 0.257 e. The van der Waals surface area contributed by atoms with Crippen molar-refractivity contribution in [2.75, 3.05) is 0 Å². The van der Waals surface area contributed by atoms with E-state index in [-0.39, 0.29) is 11.3 Å². The summed E-state index contributed by atoms with van der Waals surface area (Å²) in [5.41, 5.74) is 7.85. The van der Waals surface area contributed by atoms with Gasteiger partial charge in [0, 0.05) is 15.8 Å². The van der Waals surface area contributed by atoms with Crippen molar-refractivity contribution in [3.05, 3.63) is 46.2 Å². The average molecular weight is 304 g/mol. The number of hydrogen-bond acceptors (Lipinski definition) is 5. The Morgan fingerprint density at radius 1 is 1.25 bits per heavy atom. The molecule has 104 valence electrons. The first-order chi connectivity index (χ1) is 9.63. The minimum atomic E-state index is 0.0352. The van der Waals surface area contributed by atoms with Crippen LogP contribution in [0, 0.1) is 6.92 Å². The number of aromatic nitrogens is 1.